The van der Waals surface area contributed by atoms with Crippen molar-refractivity contribution in [1.29, 1.82) is 0 Å². The predicted molar refractivity (Wildman–Crippen MR) is 101 cm³/mol. The number of aryl methyl sites for hydroxylation is 2. The van der Waals surface area contributed by atoms with Crippen molar-refractivity contribution >= 4 is 27.7 Å². The summed E-state index contributed by atoms with van der Waals surface area (Å²) in [5.74, 6) is -0.0524. The number of nitrogens with one attached hydrogen (secondary N) is 1. The van der Waals surface area contributed by atoms with Gasteiger partial charge in [0, 0.05) is 11.6 Å². The zero-order valence-electron chi connectivity index (χ0n) is 14.5. The fraction of sp³-hybridized carbons (Fsp3) is 0.350. The molecule has 0 saturated heterocycles. The normalized spacial score (nSPS) is 16.2. The fourth-order valence-electron chi connectivity index (χ4n) is 3.77. The molecule has 0 radical (unpaired) electrons. The Morgan fingerprint density at radius 1 is 1.20 bits per heavy atom. The van der Waals surface area contributed by atoms with Crippen LogP contribution in [0.2, 0.25) is 0 Å². The van der Waals surface area contributed by atoms with Crippen LogP contribution < -0.4 is 5.32 Å². The van der Waals surface area contributed by atoms with Crippen LogP contribution in [0.25, 0.3) is 10.2 Å². The van der Waals surface area contributed by atoms with Crippen LogP contribution in [-0.4, -0.2) is 15.3 Å². The van der Waals surface area contributed by atoms with Crippen molar-refractivity contribution < 1.29 is 4.79 Å². The third kappa shape index (κ3) is 2.93. The van der Waals surface area contributed by atoms with Crippen molar-refractivity contribution in [3.63, 3.8) is 0 Å². The molecule has 0 spiro atoms. The van der Waals surface area contributed by atoms with E-state index in [-0.39, 0.29) is 11.4 Å². The molecule has 25 heavy (non-hydrogen) atoms. The molecule has 1 saturated carbocycles. The minimum atomic E-state index is -0.264. The molecule has 128 valence electrons. The van der Waals surface area contributed by atoms with Crippen LogP contribution in [0.1, 0.15) is 52.9 Å². The quantitative estimate of drug-likeness (QED) is 0.755. The molecule has 4 nitrogen and oxygen atoms in total. The van der Waals surface area contributed by atoms with Gasteiger partial charge in [-0.2, -0.15) is 4.37 Å². The first-order valence-electron chi connectivity index (χ1n) is 8.69. The van der Waals surface area contributed by atoms with Crippen LogP contribution in [0.3, 0.4) is 0 Å². The molecule has 1 aliphatic rings. The number of rotatable bonds is 3. The maximum Gasteiger partial charge on any atom is 0.253 e. The predicted octanol–water partition coefficient (Wildman–Crippen LogP) is 4.51. The van der Waals surface area contributed by atoms with Crippen molar-refractivity contribution in [2.24, 2.45) is 0 Å². The second kappa shape index (κ2) is 6.23. The lowest BCUT2D eigenvalue weighted by molar-refractivity contribution is 0.0898. The van der Waals surface area contributed by atoms with Crippen molar-refractivity contribution in [3.05, 3.63) is 58.9 Å². The number of fused-ring (bicyclic) bond motifs is 1. The van der Waals surface area contributed by atoms with Gasteiger partial charge in [-0.15, -0.1) is 0 Å². The molecule has 0 unspecified atom stereocenters. The van der Waals surface area contributed by atoms with E-state index in [0.29, 0.717) is 5.56 Å². The number of pyridine rings is 1. The second-order valence-electron chi connectivity index (χ2n) is 6.96. The van der Waals surface area contributed by atoms with E-state index >= 15 is 0 Å². The van der Waals surface area contributed by atoms with Crippen molar-refractivity contribution in [1.82, 2.24) is 14.7 Å². The first kappa shape index (κ1) is 16.2. The zero-order chi connectivity index (χ0) is 17.4. The maximum atomic E-state index is 13.0. The Bertz CT molecular complexity index is 941. The minimum absolute atomic E-state index is 0.0524. The number of carbonyl (C=O) groups excluding carboxylic acids is 1. The number of carbonyl (C=O) groups is 1. The molecule has 0 atom stereocenters. The first-order chi connectivity index (χ1) is 12.1. The molecule has 0 bridgehead atoms. The van der Waals surface area contributed by atoms with Gasteiger partial charge < -0.3 is 5.32 Å². The fourth-order valence-corrected chi connectivity index (χ4v) is 4.49. The van der Waals surface area contributed by atoms with E-state index in [2.05, 4.69) is 45.9 Å². The van der Waals surface area contributed by atoms with E-state index in [1.807, 2.05) is 13.0 Å². The third-order valence-electron chi connectivity index (χ3n) is 5.15. The van der Waals surface area contributed by atoms with Crippen LogP contribution >= 0.6 is 11.5 Å². The van der Waals surface area contributed by atoms with Crippen LogP contribution in [0.5, 0.6) is 0 Å². The van der Waals surface area contributed by atoms with E-state index in [0.717, 1.165) is 41.6 Å². The highest BCUT2D eigenvalue weighted by molar-refractivity contribution is 7.12. The number of nitrogens with zero attached hydrogens (tertiary/aromatic N) is 2. The van der Waals surface area contributed by atoms with Gasteiger partial charge in [0.15, 0.2) is 0 Å². The molecule has 1 aromatic carbocycles. The number of hydrogen-bond acceptors (Lipinski definition) is 4. The van der Waals surface area contributed by atoms with Gasteiger partial charge in [0.2, 0.25) is 0 Å². The number of hydrogen-bond donors (Lipinski definition) is 1. The lowest BCUT2D eigenvalue weighted by Crippen LogP contribution is -2.43. The summed E-state index contributed by atoms with van der Waals surface area (Å²) in [5, 5.41) is 4.30. The molecule has 3 aromatic rings. The van der Waals surface area contributed by atoms with Gasteiger partial charge in [0.05, 0.1) is 16.8 Å². The number of amides is 1. The summed E-state index contributed by atoms with van der Waals surface area (Å²) in [6, 6.07) is 10.4. The van der Waals surface area contributed by atoms with Crippen LogP contribution in [0, 0.1) is 13.8 Å². The summed E-state index contributed by atoms with van der Waals surface area (Å²) >= 11 is 1.37. The van der Waals surface area contributed by atoms with Crippen molar-refractivity contribution in [2.45, 2.75) is 45.1 Å². The van der Waals surface area contributed by atoms with Gasteiger partial charge >= 0.3 is 0 Å². The molecular weight excluding hydrogens is 330 g/mol. The highest BCUT2D eigenvalue weighted by atomic mass is 32.1. The van der Waals surface area contributed by atoms with Gasteiger partial charge in [0.1, 0.15) is 4.83 Å². The molecule has 5 heteroatoms. The van der Waals surface area contributed by atoms with Crippen molar-refractivity contribution in [2.75, 3.05) is 0 Å². The number of benzene rings is 1. The summed E-state index contributed by atoms with van der Waals surface area (Å²) < 4.78 is 4.32. The monoisotopic (exact) mass is 351 g/mol. The van der Waals surface area contributed by atoms with Gasteiger partial charge in [-0.25, -0.2) is 4.98 Å². The lowest BCUT2D eigenvalue weighted by Gasteiger charge is -2.31. The standard InChI is InChI=1S/C20H21N3OS/c1-13-6-5-7-16(10-13)20(8-3-4-9-20)22-18(24)15-11-17-14(2)23-25-19(17)21-12-15/h5-7,10-12H,3-4,8-9H2,1-2H3,(H,22,24). The average molecular weight is 351 g/mol. The third-order valence-corrected chi connectivity index (χ3v) is 6.02. The second-order valence-corrected chi connectivity index (χ2v) is 7.71. The topological polar surface area (TPSA) is 54.9 Å². The highest BCUT2D eigenvalue weighted by Gasteiger charge is 2.37. The Morgan fingerprint density at radius 3 is 2.76 bits per heavy atom. The van der Waals surface area contributed by atoms with Gasteiger partial charge in [-0.05, 0) is 49.9 Å². The minimum Gasteiger partial charge on any atom is -0.342 e. The molecular formula is C20H21N3OS. The Labute approximate surface area is 151 Å². The molecule has 1 aliphatic carbocycles. The van der Waals surface area contributed by atoms with Crippen molar-refractivity contribution in [3.8, 4) is 0 Å². The van der Waals surface area contributed by atoms with Gasteiger partial charge in [-0.1, -0.05) is 42.7 Å². The van der Waals surface area contributed by atoms with Crippen LogP contribution in [0.4, 0.5) is 0 Å². The van der Waals surface area contributed by atoms with E-state index in [1.54, 1.807) is 6.20 Å². The molecule has 1 amide bonds. The molecule has 0 aliphatic heterocycles. The summed E-state index contributed by atoms with van der Waals surface area (Å²) in [6.45, 7) is 4.05. The highest BCUT2D eigenvalue weighted by Crippen LogP contribution is 2.39. The van der Waals surface area contributed by atoms with Gasteiger partial charge in [0.25, 0.3) is 5.91 Å². The van der Waals surface area contributed by atoms with E-state index in [4.69, 9.17) is 0 Å². The maximum absolute atomic E-state index is 13.0. The summed E-state index contributed by atoms with van der Waals surface area (Å²) in [6.07, 6.45) is 5.90. The lowest BCUT2D eigenvalue weighted by atomic mass is 9.87. The summed E-state index contributed by atoms with van der Waals surface area (Å²) in [5.41, 5.74) is 3.70. The Kier molecular flexibility index (Phi) is 4.04. The van der Waals surface area contributed by atoms with E-state index in [1.165, 1.54) is 22.7 Å². The van der Waals surface area contributed by atoms with Gasteiger partial charge in [-0.3, -0.25) is 4.79 Å². The smallest absolute Gasteiger partial charge is 0.253 e. The average Bonchev–Trinajstić information content (AvgIpc) is 3.23. The molecule has 1 fully saturated rings. The SMILES string of the molecule is Cc1cccc(C2(NC(=O)c3cnc4snc(C)c4c3)CCCC2)c1. The number of aromatic nitrogens is 2. The molecule has 4 rings (SSSR count). The summed E-state index contributed by atoms with van der Waals surface area (Å²) in [7, 11) is 0. The largest absolute Gasteiger partial charge is 0.342 e. The first-order valence-corrected chi connectivity index (χ1v) is 9.46. The molecule has 1 N–H and O–H groups in total. The Hall–Kier alpha value is -2.27. The Balaban J connectivity index is 1.67. The molecule has 2 aromatic heterocycles. The van der Waals surface area contributed by atoms with E-state index in [9.17, 15) is 4.79 Å². The van der Waals surface area contributed by atoms with Crippen LogP contribution in [0.15, 0.2) is 36.5 Å². The molecule has 2 heterocycles. The zero-order valence-corrected chi connectivity index (χ0v) is 15.3. The van der Waals surface area contributed by atoms with E-state index < -0.39 is 0 Å². The van der Waals surface area contributed by atoms with Crippen LogP contribution in [-0.2, 0) is 5.54 Å². The Morgan fingerprint density at radius 2 is 2.00 bits per heavy atom. The summed E-state index contributed by atoms with van der Waals surface area (Å²) in [4.78, 5) is 18.3.